The molecule has 0 aliphatic heterocycles. The standard InChI is InChI=1S/C6H5N3O/c1-2-5-7-3-6-8-4-10-9(5)6/h2-4H,1H2. The lowest BCUT2D eigenvalue weighted by Gasteiger charge is -1.81. The highest BCUT2D eigenvalue weighted by Gasteiger charge is 2.00. The zero-order valence-electron chi connectivity index (χ0n) is 5.19. The van der Waals surface area contributed by atoms with Crippen molar-refractivity contribution in [2.75, 3.05) is 0 Å². The van der Waals surface area contributed by atoms with Gasteiger partial charge < -0.3 is 4.52 Å². The number of nitrogens with zero attached hydrogens (tertiary/aromatic N) is 3. The third kappa shape index (κ3) is 0.500. The summed E-state index contributed by atoms with van der Waals surface area (Å²) in [6, 6.07) is 0. The number of fused-ring (bicyclic) bond motifs is 1. The first-order valence-electron chi connectivity index (χ1n) is 2.81. The molecule has 0 aliphatic rings. The van der Waals surface area contributed by atoms with Crippen molar-refractivity contribution in [2.45, 2.75) is 0 Å². The average Bonchev–Trinajstić information content (AvgIpc) is 2.44. The third-order valence-corrected chi connectivity index (χ3v) is 1.25. The number of rotatable bonds is 1. The highest BCUT2D eigenvalue weighted by Crippen LogP contribution is 2.03. The summed E-state index contributed by atoms with van der Waals surface area (Å²) < 4.78 is 6.46. The molecular weight excluding hydrogens is 130 g/mol. The molecule has 0 aliphatic carbocycles. The SMILES string of the molecule is C=Cc1ncc2ncon12. The molecule has 2 rings (SSSR count). The van der Waals surface area contributed by atoms with Gasteiger partial charge in [0.2, 0.25) is 6.39 Å². The van der Waals surface area contributed by atoms with E-state index in [0.717, 1.165) is 0 Å². The maximum Gasteiger partial charge on any atom is 0.212 e. The quantitative estimate of drug-likeness (QED) is 0.585. The molecule has 0 saturated carbocycles. The van der Waals surface area contributed by atoms with Gasteiger partial charge >= 0.3 is 0 Å². The molecule has 0 radical (unpaired) electrons. The normalized spacial score (nSPS) is 10.4. The second-order valence-electron chi connectivity index (χ2n) is 1.81. The van der Waals surface area contributed by atoms with Crippen molar-refractivity contribution in [1.29, 1.82) is 0 Å². The molecule has 0 bridgehead atoms. The average molecular weight is 135 g/mol. The fourth-order valence-electron chi connectivity index (χ4n) is 0.800. The van der Waals surface area contributed by atoms with Crippen LogP contribution in [0.25, 0.3) is 11.7 Å². The van der Waals surface area contributed by atoms with Crippen molar-refractivity contribution >= 4 is 11.7 Å². The predicted molar refractivity (Wildman–Crippen MR) is 35.3 cm³/mol. The monoisotopic (exact) mass is 135 g/mol. The van der Waals surface area contributed by atoms with Crippen LogP contribution in [0, 0.1) is 0 Å². The number of aromatic nitrogens is 3. The van der Waals surface area contributed by atoms with E-state index in [0.29, 0.717) is 11.5 Å². The molecule has 0 aromatic carbocycles. The molecule has 0 amide bonds. The fourth-order valence-corrected chi connectivity index (χ4v) is 0.800. The highest BCUT2D eigenvalue weighted by molar-refractivity contribution is 5.44. The summed E-state index contributed by atoms with van der Waals surface area (Å²) in [4.78, 5) is 7.84. The van der Waals surface area contributed by atoms with Gasteiger partial charge in [0.15, 0.2) is 11.5 Å². The van der Waals surface area contributed by atoms with E-state index in [9.17, 15) is 0 Å². The lowest BCUT2D eigenvalue weighted by atomic mass is 10.6. The Labute approximate surface area is 56.8 Å². The van der Waals surface area contributed by atoms with Gasteiger partial charge in [-0.1, -0.05) is 6.58 Å². The fraction of sp³-hybridized carbons (Fsp3) is 0. The van der Waals surface area contributed by atoms with Gasteiger partial charge in [0, 0.05) is 0 Å². The molecule has 50 valence electrons. The van der Waals surface area contributed by atoms with Crippen LogP contribution in [0.3, 0.4) is 0 Å². The van der Waals surface area contributed by atoms with Gasteiger partial charge in [-0.3, -0.25) is 0 Å². The molecule has 0 spiro atoms. The predicted octanol–water partition coefficient (Wildman–Crippen LogP) is 0.965. The van der Waals surface area contributed by atoms with E-state index in [1.807, 2.05) is 0 Å². The van der Waals surface area contributed by atoms with E-state index in [1.54, 1.807) is 12.3 Å². The van der Waals surface area contributed by atoms with Crippen LogP contribution in [-0.2, 0) is 0 Å². The molecular formula is C6H5N3O. The Morgan fingerprint density at radius 1 is 1.60 bits per heavy atom. The smallest absolute Gasteiger partial charge is 0.212 e. The molecule has 2 aromatic rings. The summed E-state index contributed by atoms with van der Waals surface area (Å²) in [5.41, 5.74) is 0.704. The van der Waals surface area contributed by atoms with Gasteiger partial charge in [-0.2, -0.15) is 4.98 Å². The van der Waals surface area contributed by atoms with E-state index in [-0.39, 0.29) is 0 Å². The minimum atomic E-state index is 0.674. The van der Waals surface area contributed by atoms with E-state index < -0.39 is 0 Å². The Hall–Kier alpha value is -1.58. The van der Waals surface area contributed by atoms with Crippen LogP contribution >= 0.6 is 0 Å². The van der Waals surface area contributed by atoms with E-state index in [4.69, 9.17) is 4.52 Å². The first-order valence-corrected chi connectivity index (χ1v) is 2.81. The summed E-state index contributed by atoms with van der Waals surface area (Å²) in [6.07, 6.45) is 4.60. The maximum atomic E-state index is 4.95. The topological polar surface area (TPSA) is 43.3 Å². The van der Waals surface area contributed by atoms with Crippen molar-refractivity contribution in [3.63, 3.8) is 0 Å². The largest absolute Gasteiger partial charge is 0.359 e. The second kappa shape index (κ2) is 1.70. The molecule has 4 heteroatoms. The van der Waals surface area contributed by atoms with Gasteiger partial charge in [0.25, 0.3) is 0 Å². The Morgan fingerprint density at radius 2 is 2.50 bits per heavy atom. The van der Waals surface area contributed by atoms with Gasteiger partial charge in [0.05, 0.1) is 6.20 Å². The van der Waals surface area contributed by atoms with Crippen molar-refractivity contribution in [2.24, 2.45) is 0 Å². The lowest BCUT2D eigenvalue weighted by molar-refractivity contribution is 0.370. The number of imidazole rings is 1. The van der Waals surface area contributed by atoms with Crippen LogP contribution in [0.15, 0.2) is 23.7 Å². The zero-order valence-corrected chi connectivity index (χ0v) is 5.19. The first-order chi connectivity index (χ1) is 4.92. The lowest BCUT2D eigenvalue weighted by Crippen LogP contribution is -1.80. The Bertz CT molecular complexity index is 360. The van der Waals surface area contributed by atoms with Crippen molar-refractivity contribution < 1.29 is 4.52 Å². The zero-order chi connectivity index (χ0) is 6.97. The molecule has 0 N–H and O–H groups in total. The Kier molecular flexibility index (Phi) is 0.887. The van der Waals surface area contributed by atoms with Crippen LogP contribution in [0.1, 0.15) is 5.82 Å². The summed E-state index contributed by atoms with van der Waals surface area (Å²) in [6.45, 7) is 3.56. The molecule has 4 nitrogen and oxygen atoms in total. The van der Waals surface area contributed by atoms with Crippen molar-refractivity contribution in [1.82, 2.24) is 14.5 Å². The van der Waals surface area contributed by atoms with Gasteiger partial charge in [-0.05, 0) is 6.08 Å². The molecule has 10 heavy (non-hydrogen) atoms. The molecule has 2 aromatic heterocycles. The van der Waals surface area contributed by atoms with E-state index in [2.05, 4.69) is 16.5 Å². The van der Waals surface area contributed by atoms with Crippen LogP contribution in [-0.4, -0.2) is 14.5 Å². The van der Waals surface area contributed by atoms with Crippen LogP contribution in [0.2, 0.25) is 0 Å². The molecule has 0 fully saturated rings. The Balaban J connectivity index is 2.88. The minimum Gasteiger partial charge on any atom is -0.359 e. The molecule has 2 heterocycles. The summed E-state index contributed by atoms with van der Waals surface area (Å²) in [5.74, 6) is 0.674. The van der Waals surface area contributed by atoms with Crippen molar-refractivity contribution in [3.05, 3.63) is 25.0 Å². The summed E-state index contributed by atoms with van der Waals surface area (Å²) in [7, 11) is 0. The second-order valence-corrected chi connectivity index (χ2v) is 1.81. The van der Waals surface area contributed by atoms with Crippen molar-refractivity contribution in [3.8, 4) is 0 Å². The van der Waals surface area contributed by atoms with E-state index >= 15 is 0 Å². The summed E-state index contributed by atoms with van der Waals surface area (Å²) in [5, 5.41) is 0. The molecule has 0 unspecified atom stereocenters. The van der Waals surface area contributed by atoms with Gasteiger partial charge in [0.1, 0.15) is 0 Å². The van der Waals surface area contributed by atoms with Crippen LogP contribution in [0.5, 0.6) is 0 Å². The molecule has 0 atom stereocenters. The molecule has 0 saturated heterocycles. The minimum absolute atomic E-state index is 0.674. The maximum absolute atomic E-state index is 4.95. The van der Waals surface area contributed by atoms with Gasteiger partial charge in [-0.15, -0.1) is 4.57 Å². The van der Waals surface area contributed by atoms with Crippen LogP contribution in [0.4, 0.5) is 0 Å². The summed E-state index contributed by atoms with van der Waals surface area (Å²) >= 11 is 0. The number of hydrogen-bond donors (Lipinski definition) is 0. The van der Waals surface area contributed by atoms with Crippen LogP contribution < -0.4 is 0 Å². The first kappa shape index (κ1) is 5.22. The van der Waals surface area contributed by atoms with E-state index in [1.165, 1.54) is 11.0 Å². The highest BCUT2D eigenvalue weighted by atomic mass is 16.5. The third-order valence-electron chi connectivity index (χ3n) is 1.25. The Morgan fingerprint density at radius 3 is 3.30 bits per heavy atom. The van der Waals surface area contributed by atoms with Gasteiger partial charge in [-0.25, -0.2) is 4.98 Å². The number of hydrogen-bond acceptors (Lipinski definition) is 3.